The van der Waals surface area contributed by atoms with E-state index in [9.17, 15) is 8.78 Å². The quantitative estimate of drug-likeness (QED) is 0.795. The van der Waals surface area contributed by atoms with E-state index in [-0.39, 0.29) is 17.3 Å². The highest BCUT2D eigenvalue weighted by Crippen LogP contribution is 2.48. The smallest absolute Gasteiger partial charge is 0.249 e. The number of pyridine rings is 1. The summed E-state index contributed by atoms with van der Waals surface area (Å²) >= 11 is 6.03. The van der Waals surface area contributed by atoms with Gasteiger partial charge in [-0.15, -0.1) is 0 Å². The third kappa shape index (κ3) is 2.07. The Labute approximate surface area is 130 Å². The van der Waals surface area contributed by atoms with Gasteiger partial charge in [-0.1, -0.05) is 11.6 Å². The maximum Gasteiger partial charge on any atom is 0.249 e. The maximum atomic E-state index is 13.6. The number of hydrogen-bond donors (Lipinski definition) is 0. The molecule has 3 rings (SSSR count). The van der Waals surface area contributed by atoms with Gasteiger partial charge >= 0.3 is 0 Å². The van der Waals surface area contributed by atoms with E-state index >= 15 is 0 Å². The summed E-state index contributed by atoms with van der Waals surface area (Å²) < 4.78 is 27.2. The minimum Gasteiger partial charge on any atom is -0.309 e. The molecule has 2 aromatic heterocycles. The van der Waals surface area contributed by atoms with Gasteiger partial charge in [-0.3, -0.25) is 0 Å². The molecule has 0 saturated heterocycles. The molecular weight excluding hydrogens is 312 g/mol. The average Bonchev–Trinajstić information content (AvgIpc) is 2.83. The van der Waals surface area contributed by atoms with Gasteiger partial charge in [-0.2, -0.15) is 5.26 Å². The van der Waals surface area contributed by atoms with Crippen molar-refractivity contribution in [1.82, 2.24) is 15.0 Å². The SMILES string of the molecule is CC1(C(F)F)CN(c2cc(C#N)ccn2)c2ncnc(Cl)c21. The average molecular weight is 322 g/mol. The van der Waals surface area contributed by atoms with E-state index in [1.54, 1.807) is 6.07 Å². The first-order valence-electron chi connectivity index (χ1n) is 6.40. The predicted molar refractivity (Wildman–Crippen MR) is 76.4 cm³/mol. The Morgan fingerprint density at radius 2 is 2.18 bits per heavy atom. The number of anilines is 2. The van der Waals surface area contributed by atoms with Crippen molar-refractivity contribution in [2.45, 2.75) is 18.8 Å². The van der Waals surface area contributed by atoms with Gasteiger partial charge in [-0.05, 0) is 19.1 Å². The largest absolute Gasteiger partial charge is 0.309 e. The molecule has 0 bridgehead atoms. The molecule has 0 radical (unpaired) electrons. The lowest BCUT2D eigenvalue weighted by atomic mass is 9.86. The molecular formula is C14H10ClF2N5. The second kappa shape index (κ2) is 5.14. The van der Waals surface area contributed by atoms with Gasteiger partial charge in [0.25, 0.3) is 0 Å². The lowest BCUT2D eigenvalue weighted by molar-refractivity contribution is 0.0682. The van der Waals surface area contributed by atoms with Crippen molar-refractivity contribution in [2.75, 3.05) is 11.4 Å². The second-order valence-corrected chi connectivity index (χ2v) is 5.54. The van der Waals surface area contributed by atoms with Crippen LogP contribution in [0.4, 0.5) is 20.4 Å². The summed E-state index contributed by atoms with van der Waals surface area (Å²) in [5, 5.41) is 8.98. The van der Waals surface area contributed by atoms with E-state index in [0.29, 0.717) is 17.2 Å². The Morgan fingerprint density at radius 1 is 1.41 bits per heavy atom. The molecule has 1 aliphatic rings. The molecule has 0 aromatic carbocycles. The summed E-state index contributed by atoms with van der Waals surface area (Å²) in [6.07, 6.45) is 0.0346. The topological polar surface area (TPSA) is 65.7 Å². The Bertz CT molecular complexity index is 776. The number of nitrogens with zero attached hydrogens (tertiary/aromatic N) is 5. The van der Waals surface area contributed by atoms with Gasteiger partial charge in [0, 0.05) is 18.3 Å². The molecule has 0 saturated carbocycles. The van der Waals surface area contributed by atoms with Crippen LogP contribution in [0.1, 0.15) is 18.1 Å². The number of rotatable bonds is 2. The molecule has 0 fully saturated rings. The van der Waals surface area contributed by atoms with Crippen LogP contribution in [0.15, 0.2) is 24.7 Å². The molecule has 22 heavy (non-hydrogen) atoms. The third-order valence-corrected chi connectivity index (χ3v) is 4.01. The van der Waals surface area contributed by atoms with Crippen LogP contribution in [0.5, 0.6) is 0 Å². The Morgan fingerprint density at radius 3 is 2.86 bits per heavy atom. The molecule has 1 atom stereocenters. The standard InChI is InChI=1S/C14H10ClF2N5/c1-14(13(16)17)6-22(9-4-8(5-18)2-3-19-9)12-10(14)11(15)20-7-21-12/h2-4,7,13H,6H2,1H3. The molecule has 2 aromatic rings. The van der Waals surface area contributed by atoms with E-state index in [0.717, 1.165) is 0 Å². The molecule has 8 heteroatoms. The van der Waals surface area contributed by atoms with E-state index in [2.05, 4.69) is 15.0 Å². The predicted octanol–water partition coefficient (Wildman–Crippen LogP) is 3.07. The molecule has 0 spiro atoms. The highest BCUT2D eigenvalue weighted by atomic mass is 35.5. The summed E-state index contributed by atoms with van der Waals surface area (Å²) in [4.78, 5) is 13.6. The summed E-state index contributed by atoms with van der Waals surface area (Å²) in [6, 6.07) is 5.06. The van der Waals surface area contributed by atoms with Crippen LogP contribution in [0.25, 0.3) is 0 Å². The van der Waals surface area contributed by atoms with Crippen LogP contribution in [0.3, 0.4) is 0 Å². The minimum absolute atomic E-state index is 0.00624. The van der Waals surface area contributed by atoms with Crippen molar-refractivity contribution in [3.8, 4) is 6.07 Å². The summed E-state index contributed by atoms with van der Waals surface area (Å²) in [7, 11) is 0. The number of hydrogen-bond acceptors (Lipinski definition) is 5. The van der Waals surface area contributed by atoms with Gasteiger partial charge in [0.15, 0.2) is 0 Å². The highest BCUT2D eigenvalue weighted by Gasteiger charge is 2.49. The number of aromatic nitrogens is 3. The molecule has 1 aliphatic heterocycles. The van der Waals surface area contributed by atoms with Crippen LogP contribution in [-0.2, 0) is 5.41 Å². The number of alkyl halides is 2. The molecule has 1 unspecified atom stereocenters. The normalized spacial score (nSPS) is 20.1. The van der Waals surface area contributed by atoms with E-state index in [1.165, 1.54) is 30.4 Å². The van der Waals surface area contributed by atoms with E-state index in [4.69, 9.17) is 16.9 Å². The van der Waals surface area contributed by atoms with Crippen LogP contribution in [0.2, 0.25) is 5.15 Å². The van der Waals surface area contributed by atoms with Crippen molar-refractivity contribution >= 4 is 23.2 Å². The van der Waals surface area contributed by atoms with Gasteiger partial charge < -0.3 is 4.90 Å². The highest BCUT2D eigenvalue weighted by molar-refractivity contribution is 6.30. The van der Waals surface area contributed by atoms with Crippen molar-refractivity contribution in [3.63, 3.8) is 0 Å². The van der Waals surface area contributed by atoms with Gasteiger partial charge in [0.05, 0.1) is 17.0 Å². The molecule has 0 amide bonds. The van der Waals surface area contributed by atoms with Crippen LogP contribution >= 0.6 is 11.6 Å². The number of halogens is 3. The Balaban J connectivity index is 2.17. The van der Waals surface area contributed by atoms with Crippen molar-refractivity contribution in [1.29, 1.82) is 5.26 Å². The Hall–Kier alpha value is -2.33. The minimum atomic E-state index is -2.64. The van der Waals surface area contributed by atoms with Crippen LogP contribution < -0.4 is 4.90 Å². The van der Waals surface area contributed by atoms with Crippen LogP contribution in [0, 0.1) is 11.3 Å². The fourth-order valence-corrected chi connectivity index (χ4v) is 2.88. The first kappa shape index (κ1) is 14.6. The molecule has 3 heterocycles. The zero-order chi connectivity index (χ0) is 15.9. The zero-order valence-electron chi connectivity index (χ0n) is 11.5. The first-order chi connectivity index (χ1) is 10.5. The van der Waals surface area contributed by atoms with Gasteiger partial charge in [0.1, 0.15) is 23.1 Å². The lowest BCUT2D eigenvalue weighted by Crippen LogP contribution is -2.36. The number of fused-ring (bicyclic) bond motifs is 1. The van der Waals surface area contributed by atoms with Gasteiger partial charge in [0.2, 0.25) is 6.43 Å². The van der Waals surface area contributed by atoms with E-state index < -0.39 is 11.8 Å². The van der Waals surface area contributed by atoms with Crippen molar-refractivity contribution in [3.05, 3.63) is 40.9 Å². The Kier molecular flexibility index (Phi) is 3.41. The number of nitriles is 1. The molecule has 5 nitrogen and oxygen atoms in total. The van der Waals surface area contributed by atoms with Crippen molar-refractivity contribution in [2.24, 2.45) is 0 Å². The fourth-order valence-electron chi connectivity index (χ4n) is 2.54. The van der Waals surface area contributed by atoms with Gasteiger partial charge in [-0.25, -0.2) is 23.7 Å². The summed E-state index contributed by atoms with van der Waals surface area (Å²) in [5.74, 6) is 0.671. The first-order valence-corrected chi connectivity index (χ1v) is 6.78. The molecule has 112 valence electrons. The van der Waals surface area contributed by atoms with Crippen LogP contribution in [-0.4, -0.2) is 27.9 Å². The lowest BCUT2D eigenvalue weighted by Gasteiger charge is -2.24. The molecule has 0 N–H and O–H groups in total. The molecule has 0 aliphatic carbocycles. The fraction of sp³-hybridized carbons (Fsp3) is 0.286. The second-order valence-electron chi connectivity index (χ2n) is 5.18. The zero-order valence-corrected chi connectivity index (χ0v) is 12.2. The van der Waals surface area contributed by atoms with E-state index in [1.807, 2.05) is 6.07 Å². The monoisotopic (exact) mass is 321 g/mol. The maximum absolute atomic E-state index is 13.6. The summed E-state index contributed by atoms with van der Waals surface area (Å²) in [5.41, 5.74) is -0.911. The summed E-state index contributed by atoms with van der Waals surface area (Å²) in [6.45, 7) is 1.38. The third-order valence-electron chi connectivity index (χ3n) is 3.73. The van der Waals surface area contributed by atoms with Crippen molar-refractivity contribution < 1.29 is 8.78 Å².